The van der Waals surface area contributed by atoms with Crippen LogP contribution in [0.3, 0.4) is 0 Å². The number of hydrogen-bond acceptors (Lipinski definition) is 4. The number of carbonyl (C=O) groups excluding carboxylic acids is 2. The Morgan fingerprint density at radius 2 is 2.33 bits per heavy atom. The highest BCUT2D eigenvalue weighted by Crippen LogP contribution is 2.38. The number of nitrogens with one attached hydrogen (secondary N) is 1. The Morgan fingerprint density at radius 1 is 1.61 bits per heavy atom. The van der Waals surface area contributed by atoms with E-state index in [-0.39, 0.29) is 30.3 Å². The maximum atomic E-state index is 11.9. The van der Waals surface area contributed by atoms with E-state index >= 15 is 0 Å². The van der Waals surface area contributed by atoms with Crippen LogP contribution in [0, 0.1) is 11.8 Å². The Balaban J connectivity index is 2.00. The van der Waals surface area contributed by atoms with Crippen molar-refractivity contribution in [2.75, 3.05) is 7.11 Å². The van der Waals surface area contributed by atoms with Gasteiger partial charge in [0.05, 0.1) is 19.6 Å². The van der Waals surface area contributed by atoms with Crippen LogP contribution >= 0.6 is 11.3 Å². The van der Waals surface area contributed by atoms with Crippen molar-refractivity contribution in [2.45, 2.75) is 25.8 Å². The van der Waals surface area contributed by atoms with Gasteiger partial charge in [-0.25, -0.2) is 0 Å². The van der Waals surface area contributed by atoms with Gasteiger partial charge in [-0.2, -0.15) is 0 Å². The lowest BCUT2D eigenvalue weighted by Gasteiger charge is -2.16. The minimum Gasteiger partial charge on any atom is -0.469 e. The third-order valence-electron chi connectivity index (χ3n) is 3.25. The van der Waals surface area contributed by atoms with Crippen molar-refractivity contribution in [1.82, 2.24) is 5.32 Å². The number of ether oxygens (including phenoxy) is 1. The zero-order chi connectivity index (χ0) is 13.1. The molecule has 2 rings (SSSR count). The fourth-order valence-electron chi connectivity index (χ4n) is 1.93. The summed E-state index contributed by atoms with van der Waals surface area (Å²) < 4.78 is 4.67. The first kappa shape index (κ1) is 13.1. The topological polar surface area (TPSA) is 55.4 Å². The van der Waals surface area contributed by atoms with Crippen molar-refractivity contribution in [3.63, 3.8) is 0 Å². The lowest BCUT2D eigenvalue weighted by atomic mass is 10.1. The molecule has 18 heavy (non-hydrogen) atoms. The third-order valence-corrected chi connectivity index (χ3v) is 4.23. The zero-order valence-electron chi connectivity index (χ0n) is 10.5. The van der Waals surface area contributed by atoms with Gasteiger partial charge < -0.3 is 10.1 Å². The van der Waals surface area contributed by atoms with Crippen LogP contribution in [0.5, 0.6) is 0 Å². The lowest BCUT2D eigenvalue weighted by Crippen LogP contribution is -2.31. The highest BCUT2D eigenvalue weighted by molar-refractivity contribution is 7.10. The zero-order valence-corrected chi connectivity index (χ0v) is 11.3. The molecule has 0 radical (unpaired) electrons. The van der Waals surface area contributed by atoms with Crippen molar-refractivity contribution in [1.29, 1.82) is 0 Å². The summed E-state index contributed by atoms with van der Waals surface area (Å²) in [7, 11) is 1.36. The van der Waals surface area contributed by atoms with E-state index in [4.69, 9.17) is 0 Å². The van der Waals surface area contributed by atoms with Gasteiger partial charge >= 0.3 is 5.97 Å². The molecule has 0 saturated heterocycles. The van der Waals surface area contributed by atoms with Crippen molar-refractivity contribution in [2.24, 2.45) is 11.8 Å². The Labute approximate surface area is 110 Å². The molecule has 5 heteroatoms. The van der Waals surface area contributed by atoms with Gasteiger partial charge in [0.15, 0.2) is 0 Å². The van der Waals surface area contributed by atoms with Gasteiger partial charge in [0.1, 0.15) is 0 Å². The van der Waals surface area contributed by atoms with Crippen LogP contribution in [-0.4, -0.2) is 19.0 Å². The second-order valence-electron chi connectivity index (χ2n) is 4.68. The summed E-state index contributed by atoms with van der Waals surface area (Å²) >= 11 is 1.54. The highest BCUT2D eigenvalue weighted by Gasteiger charge is 2.40. The minimum atomic E-state index is -0.308. The van der Waals surface area contributed by atoms with Crippen LogP contribution in [0.15, 0.2) is 17.5 Å². The summed E-state index contributed by atoms with van der Waals surface area (Å²) in [5.74, 6) is 0.319. The van der Waals surface area contributed by atoms with Gasteiger partial charge in [0.25, 0.3) is 0 Å². The van der Waals surface area contributed by atoms with E-state index in [0.29, 0.717) is 5.92 Å². The second kappa shape index (κ2) is 5.52. The minimum absolute atomic E-state index is 0.0461. The number of esters is 1. The smallest absolute Gasteiger partial charge is 0.307 e. The molecular weight excluding hydrogens is 250 g/mol. The molecule has 0 bridgehead atoms. The van der Waals surface area contributed by atoms with Gasteiger partial charge in [0.2, 0.25) is 5.91 Å². The summed E-state index contributed by atoms with van der Waals surface area (Å²) in [6.07, 6.45) is 1.13. The largest absolute Gasteiger partial charge is 0.469 e. The molecule has 0 aromatic carbocycles. The van der Waals surface area contributed by atoms with Gasteiger partial charge in [-0.15, -0.1) is 11.3 Å². The molecule has 1 aliphatic carbocycles. The monoisotopic (exact) mass is 267 g/mol. The fourth-order valence-corrected chi connectivity index (χ4v) is 2.71. The summed E-state index contributed by atoms with van der Waals surface area (Å²) in [5, 5.41) is 4.88. The quantitative estimate of drug-likeness (QED) is 0.831. The molecule has 1 heterocycles. The molecule has 1 aliphatic rings. The molecule has 1 aromatic heterocycles. The normalized spacial score (nSPS) is 23.2. The van der Waals surface area contributed by atoms with E-state index in [9.17, 15) is 9.59 Å². The first-order chi connectivity index (χ1) is 8.61. The summed E-state index contributed by atoms with van der Waals surface area (Å²) in [4.78, 5) is 24.3. The second-order valence-corrected chi connectivity index (χ2v) is 5.66. The predicted molar refractivity (Wildman–Crippen MR) is 69.1 cm³/mol. The van der Waals surface area contributed by atoms with Gasteiger partial charge in [-0.1, -0.05) is 13.0 Å². The number of carbonyl (C=O) groups is 2. The molecule has 1 N–H and O–H groups in total. The average molecular weight is 267 g/mol. The summed E-state index contributed by atoms with van der Waals surface area (Å²) in [6.45, 7) is 2.06. The summed E-state index contributed by atoms with van der Waals surface area (Å²) in [6, 6.07) is 3.57. The van der Waals surface area contributed by atoms with Crippen LogP contribution in [0.4, 0.5) is 0 Å². The van der Waals surface area contributed by atoms with E-state index in [0.717, 1.165) is 11.3 Å². The molecule has 1 amide bonds. The molecule has 1 fully saturated rings. The van der Waals surface area contributed by atoms with Crippen molar-refractivity contribution in [3.05, 3.63) is 22.4 Å². The van der Waals surface area contributed by atoms with Gasteiger partial charge in [-0.05, 0) is 23.8 Å². The lowest BCUT2D eigenvalue weighted by molar-refractivity contribution is -0.141. The van der Waals surface area contributed by atoms with E-state index in [1.807, 2.05) is 17.5 Å². The van der Waals surface area contributed by atoms with Gasteiger partial charge in [0, 0.05) is 10.8 Å². The number of hydrogen-bond donors (Lipinski definition) is 1. The van der Waals surface area contributed by atoms with Crippen LogP contribution in [0.2, 0.25) is 0 Å². The van der Waals surface area contributed by atoms with Crippen LogP contribution in [-0.2, 0) is 14.3 Å². The van der Waals surface area contributed by atoms with E-state index < -0.39 is 0 Å². The summed E-state index contributed by atoms with van der Waals surface area (Å²) in [5.41, 5.74) is 0. The van der Waals surface area contributed by atoms with E-state index in [1.54, 1.807) is 0 Å². The van der Waals surface area contributed by atoms with Crippen LogP contribution in [0.25, 0.3) is 0 Å². The number of rotatable bonds is 5. The molecule has 98 valence electrons. The maximum absolute atomic E-state index is 11.9. The number of amides is 1. The molecule has 1 saturated carbocycles. The molecule has 0 aliphatic heterocycles. The Hall–Kier alpha value is -1.36. The first-order valence-electron chi connectivity index (χ1n) is 6.02. The number of methoxy groups -OCH3 is 1. The van der Waals surface area contributed by atoms with E-state index in [1.165, 1.54) is 18.4 Å². The SMILES string of the molecule is COC(=O)C[C@H](NC(=O)[C@H]1C[C@H]1C)c1cccs1. The molecule has 3 atom stereocenters. The fraction of sp³-hybridized carbons (Fsp3) is 0.538. The van der Waals surface area contributed by atoms with Crippen molar-refractivity contribution >= 4 is 23.2 Å². The third kappa shape index (κ3) is 3.10. The first-order valence-corrected chi connectivity index (χ1v) is 6.90. The maximum Gasteiger partial charge on any atom is 0.307 e. The Kier molecular flexibility index (Phi) is 4.01. The van der Waals surface area contributed by atoms with E-state index in [2.05, 4.69) is 17.0 Å². The van der Waals surface area contributed by atoms with Gasteiger partial charge in [-0.3, -0.25) is 9.59 Å². The predicted octanol–water partition coefficient (Wildman–Crippen LogP) is 2.12. The molecule has 0 spiro atoms. The standard InChI is InChI=1S/C13H17NO3S/c1-8-6-9(8)13(16)14-10(7-12(15)17-2)11-4-3-5-18-11/h3-5,8-10H,6-7H2,1-2H3,(H,14,16)/t8-,9+,10+/m1/s1. The Bertz CT molecular complexity index is 429. The molecular formula is C13H17NO3S. The van der Waals surface area contributed by atoms with Crippen molar-refractivity contribution < 1.29 is 14.3 Å². The average Bonchev–Trinajstić information content (AvgIpc) is 2.87. The van der Waals surface area contributed by atoms with Crippen molar-refractivity contribution in [3.8, 4) is 0 Å². The molecule has 1 aromatic rings. The van der Waals surface area contributed by atoms with Crippen LogP contribution < -0.4 is 5.32 Å². The van der Waals surface area contributed by atoms with Crippen LogP contribution in [0.1, 0.15) is 30.7 Å². The molecule has 4 nitrogen and oxygen atoms in total. The molecule has 0 unspecified atom stereocenters. The highest BCUT2D eigenvalue weighted by atomic mass is 32.1. The Morgan fingerprint density at radius 3 is 2.83 bits per heavy atom. The number of thiophene rings is 1.